The number of pyridine rings is 2. The fourth-order valence-electron chi connectivity index (χ4n) is 8.58. The van der Waals surface area contributed by atoms with E-state index in [0.29, 0.717) is 47.7 Å². The van der Waals surface area contributed by atoms with Crippen molar-refractivity contribution < 1.29 is 50.9 Å². The highest BCUT2D eigenvalue weighted by molar-refractivity contribution is 7.86. The van der Waals surface area contributed by atoms with Crippen LogP contribution in [0, 0.1) is 17.8 Å². The largest absolute Gasteiger partial charge is 0.496 e. The van der Waals surface area contributed by atoms with Crippen LogP contribution in [0.4, 0.5) is 0 Å². The Bertz CT molecular complexity index is 2440. The number of aromatic nitrogens is 2. The van der Waals surface area contributed by atoms with E-state index in [4.69, 9.17) is 33.2 Å². The number of ether oxygens (including phenoxy) is 7. The fraction of sp³-hybridized carbons (Fsp3) is 0.489. The van der Waals surface area contributed by atoms with Crippen LogP contribution in [0.15, 0.2) is 78.0 Å². The molecule has 2 aromatic heterocycles. The molecule has 4 heterocycles. The fourth-order valence-corrected chi connectivity index (χ4v) is 9.24. The van der Waals surface area contributed by atoms with Gasteiger partial charge in [-0.05, 0) is 69.0 Å². The lowest BCUT2D eigenvalue weighted by atomic mass is 10.0. The van der Waals surface area contributed by atoms with Crippen molar-refractivity contribution in [2.45, 2.75) is 49.7 Å². The van der Waals surface area contributed by atoms with E-state index in [2.05, 4.69) is 24.0 Å². The molecule has 2 aliphatic heterocycles. The monoisotopic (exact) mass is 888 g/mol. The normalized spacial score (nSPS) is 19.6. The van der Waals surface area contributed by atoms with Crippen LogP contribution in [0.25, 0.3) is 21.8 Å². The predicted octanol–water partition coefficient (Wildman–Crippen LogP) is 6.16. The third-order valence-electron chi connectivity index (χ3n) is 12.7. The van der Waals surface area contributed by atoms with Crippen molar-refractivity contribution in [2.75, 3.05) is 95.1 Å². The van der Waals surface area contributed by atoms with Crippen LogP contribution in [-0.2, 0) is 19.0 Å². The first-order valence-corrected chi connectivity index (χ1v) is 22.6. The maximum absolute atomic E-state index is 11.1. The van der Waals surface area contributed by atoms with Gasteiger partial charge < -0.3 is 38.3 Å². The molecule has 2 unspecified atom stereocenters. The number of methoxy groups -OCH3 is 5. The summed E-state index contributed by atoms with van der Waals surface area (Å²) >= 11 is 0. The smallest absolute Gasteiger partial charge is 0.296 e. The zero-order chi connectivity index (χ0) is 44.8. The average molecular weight is 889 g/mol. The maximum atomic E-state index is 11.1. The SMILES string of the molecule is COS(=O)(=O)c1ccc(C)cc1.COc1cc2c(OC)ccnc2cc1OCCN1CC(O)C2(CC2)C1.COc1cc2c(OC)ccnc2cc1OCCN1CC(OC)C2(CC2)C1. The lowest BCUT2D eigenvalue weighted by Gasteiger charge is -2.17. The van der Waals surface area contributed by atoms with Crippen molar-refractivity contribution >= 4 is 31.9 Å². The van der Waals surface area contributed by atoms with Crippen LogP contribution in [0.3, 0.4) is 0 Å². The predicted molar refractivity (Wildman–Crippen MR) is 239 cm³/mol. The molecule has 3 aromatic carbocycles. The van der Waals surface area contributed by atoms with Crippen LogP contribution in [-0.4, -0.2) is 141 Å². The molecule has 15 nitrogen and oxygen atoms in total. The third-order valence-corrected chi connectivity index (χ3v) is 14.0. The highest BCUT2D eigenvalue weighted by atomic mass is 32.2. The van der Waals surface area contributed by atoms with E-state index in [0.717, 1.165) is 98.1 Å². The number of hydrogen-bond acceptors (Lipinski definition) is 15. The molecule has 2 atom stereocenters. The molecule has 0 bridgehead atoms. The molecule has 4 aliphatic rings. The van der Waals surface area contributed by atoms with Crippen LogP contribution in [0.2, 0.25) is 0 Å². The number of fused-ring (bicyclic) bond motifs is 2. The first-order valence-electron chi connectivity index (χ1n) is 21.2. The van der Waals surface area contributed by atoms with E-state index in [-0.39, 0.29) is 16.4 Å². The van der Waals surface area contributed by atoms with Crippen LogP contribution < -0.4 is 28.4 Å². The molecule has 2 saturated heterocycles. The third kappa shape index (κ3) is 10.5. The Morgan fingerprint density at radius 1 is 0.635 bits per heavy atom. The minimum Gasteiger partial charge on any atom is -0.496 e. The molecule has 340 valence electrons. The summed E-state index contributed by atoms with van der Waals surface area (Å²) in [5, 5.41) is 11.9. The van der Waals surface area contributed by atoms with E-state index in [9.17, 15) is 13.5 Å². The number of benzene rings is 3. The summed E-state index contributed by atoms with van der Waals surface area (Å²) in [6.07, 6.45) is 8.52. The number of aliphatic hydroxyl groups is 1. The molecule has 16 heteroatoms. The summed E-state index contributed by atoms with van der Waals surface area (Å²) in [6, 6.07) is 17.8. The summed E-state index contributed by atoms with van der Waals surface area (Å²) in [6.45, 7) is 8.56. The number of likely N-dealkylation sites (tertiary alicyclic amines) is 2. The molecule has 4 fully saturated rings. The Hall–Kier alpha value is -4.97. The van der Waals surface area contributed by atoms with Gasteiger partial charge in [-0.15, -0.1) is 0 Å². The van der Waals surface area contributed by atoms with Gasteiger partial charge in [-0.1, -0.05) is 17.7 Å². The van der Waals surface area contributed by atoms with Crippen molar-refractivity contribution in [3.05, 3.63) is 78.6 Å². The second kappa shape index (κ2) is 19.8. The Labute approximate surface area is 370 Å². The van der Waals surface area contributed by atoms with Gasteiger partial charge in [0.25, 0.3) is 10.1 Å². The molecule has 0 radical (unpaired) electrons. The van der Waals surface area contributed by atoms with Crippen molar-refractivity contribution in [1.29, 1.82) is 0 Å². The van der Waals surface area contributed by atoms with E-state index >= 15 is 0 Å². The van der Waals surface area contributed by atoms with Crippen molar-refractivity contribution in [2.24, 2.45) is 10.8 Å². The molecule has 5 aromatic rings. The average Bonchev–Trinajstić information content (AvgIpc) is 4.20. The number of hydrogen-bond donors (Lipinski definition) is 1. The van der Waals surface area contributed by atoms with Gasteiger partial charge in [-0.3, -0.25) is 24.0 Å². The van der Waals surface area contributed by atoms with Crippen molar-refractivity contribution in [1.82, 2.24) is 19.8 Å². The van der Waals surface area contributed by atoms with Gasteiger partial charge in [0.2, 0.25) is 0 Å². The number of rotatable bonds is 15. The molecule has 2 saturated carbocycles. The van der Waals surface area contributed by atoms with E-state index in [1.165, 1.54) is 25.0 Å². The van der Waals surface area contributed by atoms with Gasteiger partial charge in [0.1, 0.15) is 24.7 Å². The van der Waals surface area contributed by atoms with Crippen molar-refractivity contribution in [3.63, 3.8) is 0 Å². The second-order valence-corrected chi connectivity index (χ2v) is 18.3. The summed E-state index contributed by atoms with van der Waals surface area (Å²) in [4.78, 5) is 13.7. The highest BCUT2D eigenvalue weighted by Gasteiger charge is 2.55. The standard InChI is InChI=1S/C20H26N2O4.C19H24N2O4.C8H10O3S/c1-23-16-4-7-21-15-11-18(17(24-2)10-14(15)16)26-9-8-22-12-19(25-3)20(13-22)5-6-20;1-23-15-3-6-20-14-10-17(16(24-2)9-13(14)15)25-8-7-21-11-18(22)19(12-21)4-5-19;1-7-3-5-8(6-4-7)12(9,10)11-2/h4,7,10-11,19H,5-6,8-9,12-13H2,1-3H3;3,6,9-10,18,22H,4-5,7-8,11-12H2,1-2H3;3-6H,1-2H3. The minimum atomic E-state index is -3.51. The van der Waals surface area contributed by atoms with Crippen molar-refractivity contribution in [3.8, 4) is 34.5 Å². The van der Waals surface area contributed by atoms with Crippen LogP contribution in [0.1, 0.15) is 31.2 Å². The van der Waals surface area contributed by atoms with Gasteiger partial charge in [0.05, 0.1) is 63.7 Å². The Balaban J connectivity index is 0.000000151. The van der Waals surface area contributed by atoms with Gasteiger partial charge in [-0.2, -0.15) is 8.42 Å². The van der Waals surface area contributed by atoms with E-state index < -0.39 is 10.1 Å². The quantitative estimate of drug-likeness (QED) is 0.119. The minimum absolute atomic E-state index is 0.181. The zero-order valence-corrected chi connectivity index (χ0v) is 38.1. The summed E-state index contributed by atoms with van der Waals surface area (Å²) in [5.74, 6) is 4.28. The van der Waals surface area contributed by atoms with Crippen LogP contribution >= 0.6 is 0 Å². The number of β-amino-alcohol motifs (C(OH)–C–C–N with tert-alkyl or cyclic N) is 1. The van der Waals surface area contributed by atoms with Gasteiger partial charge >= 0.3 is 0 Å². The first kappa shape index (κ1) is 46.0. The van der Waals surface area contributed by atoms with Gasteiger partial charge in [0.15, 0.2) is 23.0 Å². The first-order chi connectivity index (χ1) is 30.4. The number of aliphatic hydroxyl groups excluding tert-OH is 1. The second-order valence-electron chi connectivity index (χ2n) is 16.6. The molecule has 9 rings (SSSR count). The molecular weight excluding hydrogens is 829 g/mol. The molecular formula is C47H60N4O11S. The summed E-state index contributed by atoms with van der Waals surface area (Å²) in [5.41, 5.74) is 3.25. The Morgan fingerprint density at radius 2 is 1.11 bits per heavy atom. The molecule has 2 spiro atoms. The summed E-state index contributed by atoms with van der Waals surface area (Å²) < 4.78 is 66.0. The highest BCUT2D eigenvalue weighted by Crippen LogP contribution is 2.54. The lowest BCUT2D eigenvalue weighted by molar-refractivity contribution is 0.0693. The number of nitrogens with zero attached hydrogens (tertiary/aromatic N) is 4. The Kier molecular flexibility index (Phi) is 14.5. The topological polar surface area (TPSA) is 160 Å². The molecule has 1 N–H and O–H groups in total. The molecule has 0 amide bonds. The zero-order valence-electron chi connectivity index (χ0n) is 37.3. The van der Waals surface area contributed by atoms with E-state index in [1.807, 2.05) is 50.4 Å². The van der Waals surface area contributed by atoms with Crippen LogP contribution in [0.5, 0.6) is 34.5 Å². The van der Waals surface area contributed by atoms with Gasteiger partial charge in [-0.25, -0.2) is 0 Å². The van der Waals surface area contributed by atoms with Gasteiger partial charge in [0, 0.05) is 92.5 Å². The Morgan fingerprint density at radius 3 is 1.52 bits per heavy atom. The summed E-state index contributed by atoms with van der Waals surface area (Å²) in [7, 11) is 6.03. The van der Waals surface area contributed by atoms with E-state index in [1.54, 1.807) is 53.0 Å². The molecule has 63 heavy (non-hydrogen) atoms. The molecule has 2 aliphatic carbocycles. The maximum Gasteiger partial charge on any atom is 0.296 e. The lowest BCUT2D eigenvalue weighted by Crippen LogP contribution is -2.27. The number of aryl methyl sites for hydroxylation is 1.